The summed E-state index contributed by atoms with van der Waals surface area (Å²) in [7, 11) is 0. The average Bonchev–Trinajstić information content (AvgIpc) is 2.21. The topological polar surface area (TPSA) is 20.2 Å². The maximum absolute atomic E-state index is 10.2. The highest BCUT2D eigenvalue weighted by Crippen LogP contribution is 2.19. The zero-order chi connectivity index (χ0) is 12.0. The van der Waals surface area contributed by atoms with Crippen molar-refractivity contribution >= 4 is 11.6 Å². The van der Waals surface area contributed by atoms with E-state index in [1.54, 1.807) is 0 Å². The third kappa shape index (κ3) is 4.70. The molecular weight excluding hydrogens is 220 g/mol. The summed E-state index contributed by atoms with van der Waals surface area (Å²) in [5, 5.41) is 10.9. The standard InChI is InChI=1S/C14H17ClO/c1-3-4-5-10-14(2,16)11-12-6-8-13(15)9-7-12/h6-9,16H,5,10-11H2,1-2H3. The molecule has 0 heterocycles. The smallest absolute Gasteiger partial charge is 0.0669 e. The molecule has 0 aliphatic rings. The molecule has 0 radical (unpaired) electrons. The lowest BCUT2D eigenvalue weighted by Gasteiger charge is -2.22. The van der Waals surface area contributed by atoms with Crippen molar-refractivity contribution in [2.45, 2.75) is 38.7 Å². The molecule has 0 aromatic heterocycles. The Morgan fingerprint density at radius 3 is 2.50 bits per heavy atom. The molecule has 1 aromatic rings. The fraction of sp³-hybridized carbons (Fsp3) is 0.429. The van der Waals surface area contributed by atoms with Crippen LogP contribution in [0.4, 0.5) is 0 Å². The molecule has 0 amide bonds. The van der Waals surface area contributed by atoms with Crippen LogP contribution in [0.2, 0.25) is 5.02 Å². The molecule has 0 aliphatic heterocycles. The van der Waals surface area contributed by atoms with Crippen LogP contribution in [-0.4, -0.2) is 10.7 Å². The summed E-state index contributed by atoms with van der Waals surface area (Å²) in [4.78, 5) is 0. The molecule has 2 heteroatoms. The first-order valence-corrected chi connectivity index (χ1v) is 5.78. The minimum Gasteiger partial charge on any atom is -0.390 e. The molecule has 0 saturated heterocycles. The van der Waals surface area contributed by atoms with Gasteiger partial charge in [-0.3, -0.25) is 0 Å². The summed E-state index contributed by atoms with van der Waals surface area (Å²) >= 11 is 5.80. The van der Waals surface area contributed by atoms with Gasteiger partial charge in [-0.15, -0.1) is 11.8 Å². The van der Waals surface area contributed by atoms with E-state index in [1.165, 1.54) is 0 Å². The van der Waals surface area contributed by atoms with E-state index in [9.17, 15) is 5.11 Å². The van der Waals surface area contributed by atoms with E-state index in [4.69, 9.17) is 11.6 Å². The van der Waals surface area contributed by atoms with E-state index in [0.717, 1.165) is 17.0 Å². The minimum absolute atomic E-state index is 0.634. The highest BCUT2D eigenvalue weighted by Gasteiger charge is 2.19. The molecule has 0 bridgehead atoms. The molecule has 0 fully saturated rings. The first-order valence-electron chi connectivity index (χ1n) is 5.40. The molecule has 1 unspecified atom stereocenters. The summed E-state index contributed by atoms with van der Waals surface area (Å²) in [6.45, 7) is 3.66. The molecule has 86 valence electrons. The molecule has 1 atom stereocenters. The maximum atomic E-state index is 10.2. The van der Waals surface area contributed by atoms with E-state index >= 15 is 0 Å². The Balaban J connectivity index is 2.56. The van der Waals surface area contributed by atoms with Gasteiger partial charge in [0.25, 0.3) is 0 Å². The van der Waals surface area contributed by atoms with Crippen LogP contribution in [0, 0.1) is 11.8 Å². The summed E-state index contributed by atoms with van der Waals surface area (Å²) in [5.41, 5.74) is 0.399. The zero-order valence-electron chi connectivity index (χ0n) is 9.76. The van der Waals surface area contributed by atoms with E-state index < -0.39 is 5.60 Å². The first kappa shape index (κ1) is 13.1. The van der Waals surface area contributed by atoms with Crippen molar-refractivity contribution in [1.29, 1.82) is 0 Å². The lowest BCUT2D eigenvalue weighted by Crippen LogP contribution is -2.26. The van der Waals surface area contributed by atoms with Crippen LogP contribution < -0.4 is 0 Å². The van der Waals surface area contributed by atoms with Gasteiger partial charge < -0.3 is 5.11 Å². The Labute approximate surface area is 102 Å². The van der Waals surface area contributed by atoms with Gasteiger partial charge in [0.15, 0.2) is 0 Å². The molecular formula is C14H17ClO. The van der Waals surface area contributed by atoms with Gasteiger partial charge in [0, 0.05) is 17.9 Å². The molecule has 1 rings (SSSR count). The van der Waals surface area contributed by atoms with Gasteiger partial charge >= 0.3 is 0 Å². The molecule has 16 heavy (non-hydrogen) atoms. The predicted octanol–water partition coefficient (Wildman–Crippen LogP) is 3.44. The number of aliphatic hydroxyl groups is 1. The Bertz CT molecular complexity index is 381. The van der Waals surface area contributed by atoms with Gasteiger partial charge in [0.1, 0.15) is 0 Å². The van der Waals surface area contributed by atoms with Crippen molar-refractivity contribution in [2.24, 2.45) is 0 Å². The van der Waals surface area contributed by atoms with Gasteiger partial charge in [-0.05, 0) is 38.0 Å². The SMILES string of the molecule is CC#CCCC(C)(O)Cc1ccc(Cl)cc1. The molecule has 0 spiro atoms. The molecule has 1 aromatic carbocycles. The van der Waals surface area contributed by atoms with Crippen LogP contribution in [0.15, 0.2) is 24.3 Å². The highest BCUT2D eigenvalue weighted by atomic mass is 35.5. The van der Waals surface area contributed by atoms with E-state index in [0.29, 0.717) is 12.8 Å². The molecule has 1 nitrogen and oxygen atoms in total. The van der Waals surface area contributed by atoms with Crippen LogP contribution in [-0.2, 0) is 6.42 Å². The predicted molar refractivity (Wildman–Crippen MR) is 68.5 cm³/mol. The van der Waals surface area contributed by atoms with Crippen molar-refractivity contribution in [1.82, 2.24) is 0 Å². The summed E-state index contributed by atoms with van der Waals surface area (Å²) in [5.74, 6) is 5.80. The lowest BCUT2D eigenvalue weighted by molar-refractivity contribution is 0.0529. The molecule has 1 N–H and O–H groups in total. The van der Waals surface area contributed by atoms with Gasteiger partial charge in [0.05, 0.1) is 5.60 Å². The van der Waals surface area contributed by atoms with Crippen molar-refractivity contribution in [3.8, 4) is 11.8 Å². The van der Waals surface area contributed by atoms with Gasteiger partial charge in [-0.2, -0.15) is 0 Å². The number of hydrogen-bond acceptors (Lipinski definition) is 1. The summed E-state index contributed by atoms with van der Waals surface area (Å²) < 4.78 is 0. The van der Waals surface area contributed by atoms with Crippen molar-refractivity contribution in [3.05, 3.63) is 34.9 Å². The second-order valence-corrected chi connectivity index (χ2v) is 4.66. The van der Waals surface area contributed by atoms with Crippen molar-refractivity contribution in [3.63, 3.8) is 0 Å². The Morgan fingerprint density at radius 1 is 1.31 bits per heavy atom. The van der Waals surface area contributed by atoms with E-state index in [-0.39, 0.29) is 0 Å². The number of rotatable bonds is 4. The first-order chi connectivity index (χ1) is 7.53. The van der Waals surface area contributed by atoms with Crippen LogP contribution in [0.3, 0.4) is 0 Å². The summed E-state index contributed by atoms with van der Waals surface area (Å²) in [6, 6.07) is 7.59. The van der Waals surface area contributed by atoms with E-state index in [1.807, 2.05) is 38.1 Å². The molecule has 0 aliphatic carbocycles. The number of halogens is 1. The summed E-state index contributed by atoms with van der Waals surface area (Å²) in [6.07, 6.45) is 2.06. The van der Waals surface area contributed by atoms with Crippen molar-refractivity contribution < 1.29 is 5.11 Å². The molecule has 0 saturated carbocycles. The monoisotopic (exact) mass is 236 g/mol. The fourth-order valence-corrected chi connectivity index (χ4v) is 1.71. The van der Waals surface area contributed by atoms with Gasteiger partial charge in [0.2, 0.25) is 0 Å². The van der Waals surface area contributed by atoms with E-state index in [2.05, 4.69) is 11.8 Å². The largest absolute Gasteiger partial charge is 0.390 e. The van der Waals surface area contributed by atoms with Crippen LogP contribution in [0.25, 0.3) is 0 Å². The fourth-order valence-electron chi connectivity index (χ4n) is 1.59. The van der Waals surface area contributed by atoms with Crippen LogP contribution in [0.1, 0.15) is 32.3 Å². The maximum Gasteiger partial charge on any atom is 0.0669 e. The second kappa shape index (κ2) is 5.94. The Kier molecular flexibility index (Phi) is 4.86. The number of hydrogen-bond donors (Lipinski definition) is 1. The van der Waals surface area contributed by atoms with Gasteiger partial charge in [-0.25, -0.2) is 0 Å². The number of benzene rings is 1. The highest BCUT2D eigenvalue weighted by molar-refractivity contribution is 6.30. The zero-order valence-corrected chi connectivity index (χ0v) is 10.5. The second-order valence-electron chi connectivity index (χ2n) is 4.23. The van der Waals surface area contributed by atoms with Crippen LogP contribution >= 0.6 is 11.6 Å². The average molecular weight is 237 g/mol. The third-order valence-corrected chi connectivity index (χ3v) is 2.72. The van der Waals surface area contributed by atoms with Crippen LogP contribution in [0.5, 0.6) is 0 Å². The Hall–Kier alpha value is -0.970. The Morgan fingerprint density at radius 2 is 1.94 bits per heavy atom. The van der Waals surface area contributed by atoms with Crippen molar-refractivity contribution in [2.75, 3.05) is 0 Å². The quantitative estimate of drug-likeness (QED) is 0.795. The van der Waals surface area contributed by atoms with Gasteiger partial charge in [-0.1, -0.05) is 23.7 Å². The third-order valence-electron chi connectivity index (χ3n) is 2.46. The lowest BCUT2D eigenvalue weighted by atomic mass is 9.92. The normalized spacial score (nSPS) is 13.8. The minimum atomic E-state index is -0.697.